The van der Waals surface area contributed by atoms with Gasteiger partial charge in [0.1, 0.15) is 5.76 Å². The number of para-hydroxylation sites is 1. The van der Waals surface area contributed by atoms with E-state index in [1.54, 1.807) is 4.90 Å². The summed E-state index contributed by atoms with van der Waals surface area (Å²) in [5, 5.41) is 10.3. The molecule has 0 radical (unpaired) electrons. The maximum atomic E-state index is 12.8. The zero-order chi connectivity index (χ0) is 17.2. The lowest BCUT2D eigenvalue weighted by Crippen LogP contribution is -2.26. The first kappa shape index (κ1) is 15.2. The van der Waals surface area contributed by atoms with Gasteiger partial charge in [-0.2, -0.15) is 0 Å². The summed E-state index contributed by atoms with van der Waals surface area (Å²) in [4.78, 5) is 14.4. The van der Waals surface area contributed by atoms with Crippen LogP contribution in [0.15, 0.2) is 90.7 Å². The Balaban J connectivity index is 1.63. The lowest BCUT2D eigenvalue weighted by molar-refractivity contribution is -0.112. The summed E-state index contributed by atoms with van der Waals surface area (Å²) in [6, 6.07) is 27.2. The van der Waals surface area contributed by atoms with Gasteiger partial charge >= 0.3 is 0 Å². The summed E-state index contributed by atoms with van der Waals surface area (Å²) in [5.74, 6) is -0.0579. The molecule has 1 aliphatic rings. The van der Waals surface area contributed by atoms with Crippen LogP contribution >= 0.6 is 0 Å². The molecule has 4 rings (SSSR count). The molecule has 1 heterocycles. The standard InChI is InChI=1S/C22H17NO2/c24-20-15-23(19-9-5-2-6-10-19)22(25)21(20)18-13-11-17(12-14-18)16-7-3-1-4-8-16/h1-14,24H,15H2. The highest BCUT2D eigenvalue weighted by Gasteiger charge is 2.32. The van der Waals surface area contributed by atoms with Crippen LogP contribution in [0, 0.1) is 0 Å². The Labute approximate surface area is 146 Å². The van der Waals surface area contributed by atoms with Crippen LogP contribution in [0.25, 0.3) is 16.7 Å². The summed E-state index contributed by atoms with van der Waals surface area (Å²) in [6.45, 7) is 0.207. The van der Waals surface area contributed by atoms with E-state index < -0.39 is 0 Å². The molecule has 0 bridgehead atoms. The van der Waals surface area contributed by atoms with Gasteiger partial charge < -0.3 is 10.0 Å². The highest BCUT2D eigenvalue weighted by Crippen LogP contribution is 2.31. The molecule has 0 atom stereocenters. The van der Waals surface area contributed by atoms with Crippen LogP contribution in [0.3, 0.4) is 0 Å². The second-order valence-electron chi connectivity index (χ2n) is 5.99. The molecule has 3 aromatic carbocycles. The molecule has 1 aliphatic heterocycles. The Kier molecular flexibility index (Phi) is 3.82. The average Bonchev–Trinajstić information content (AvgIpc) is 2.98. The van der Waals surface area contributed by atoms with Crippen LogP contribution in [-0.2, 0) is 4.79 Å². The van der Waals surface area contributed by atoms with E-state index in [9.17, 15) is 9.90 Å². The number of hydrogen-bond acceptors (Lipinski definition) is 2. The van der Waals surface area contributed by atoms with E-state index in [4.69, 9.17) is 0 Å². The van der Waals surface area contributed by atoms with E-state index in [-0.39, 0.29) is 18.2 Å². The van der Waals surface area contributed by atoms with Gasteiger partial charge in [-0.25, -0.2) is 0 Å². The summed E-state index contributed by atoms with van der Waals surface area (Å²) < 4.78 is 0. The molecule has 3 nitrogen and oxygen atoms in total. The first-order valence-electron chi connectivity index (χ1n) is 8.19. The molecule has 122 valence electrons. The first-order valence-corrected chi connectivity index (χ1v) is 8.19. The third-order valence-electron chi connectivity index (χ3n) is 4.40. The van der Waals surface area contributed by atoms with Gasteiger partial charge in [0.25, 0.3) is 5.91 Å². The third kappa shape index (κ3) is 2.81. The summed E-state index contributed by atoms with van der Waals surface area (Å²) in [6.07, 6.45) is 0. The van der Waals surface area contributed by atoms with Gasteiger partial charge in [0.05, 0.1) is 12.1 Å². The van der Waals surface area contributed by atoms with Crippen LogP contribution in [-0.4, -0.2) is 17.6 Å². The zero-order valence-electron chi connectivity index (χ0n) is 13.6. The smallest absolute Gasteiger partial charge is 0.262 e. The molecule has 0 spiro atoms. The predicted octanol–water partition coefficient (Wildman–Crippen LogP) is 4.67. The van der Waals surface area contributed by atoms with Crippen LogP contribution in [0.4, 0.5) is 5.69 Å². The van der Waals surface area contributed by atoms with E-state index in [0.717, 1.165) is 22.4 Å². The van der Waals surface area contributed by atoms with Gasteiger partial charge in [-0.3, -0.25) is 4.79 Å². The molecule has 1 N–H and O–H groups in total. The minimum absolute atomic E-state index is 0.112. The summed E-state index contributed by atoms with van der Waals surface area (Å²) in [7, 11) is 0. The largest absolute Gasteiger partial charge is 0.510 e. The quantitative estimate of drug-likeness (QED) is 0.759. The van der Waals surface area contributed by atoms with E-state index in [1.165, 1.54) is 0 Å². The van der Waals surface area contributed by atoms with E-state index in [1.807, 2.05) is 84.9 Å². The summed E-state index contributed by atoms with van der Waals surface area (Å²) >= 11 is 0. The molecule has 0 saturated carbocycles. The van der Waals surface area contributed by atoms with Gasteiger partial charge in [0, 0.05) is 5.69 Å². The Bertz CT molecular complexity index is 929. The molecular weight excluding hydrogens is 310 g/mol. The number of nitrogens with zero attached hydrogens (tertiary/aromatic N) is 1. The number of carbonyl (C=O) groups is 1. The number of aliphatic hydroxyl groups excluding tert-OH is 1. The van der Waals surface area contributed by atoms with Crippen molar-refractivity contribution in [2.24, 2.45) is 0 Å². The highest BCUT2D eigenvalue weighted by molar-refractivity contribution is 6.29. The number of rotatable bonds is 3. The Hall–Kier alpha value is -3.33. The van der Waals surface area contributed by atoms with E-state index >= 15 is 0 Å². The van der Waals surface area contributed by atoms with Crippen LogP contribution in [0.2, 0.25) is 0 Å². The van der Waals surface area contributed by atoms with Crippen molar-refractivity contribution in [3.8, 4) is 11.1 Å². The molecular formula is C22H17NO2. The Morgan fingerprint density at radius 1 is 0.680 bits per heavy atom. The lowest BCUT2D eigenvalue weighted by atomic mass is 10.00. The minimum atomic E-state index is -0.170. The van der Waals surface area contributed by atoms with Crippen LogP contribution in [0.5, 0.6) is 0 Å². The fraction of sp³-hybridized carbons (Fsp3) is 0.0455. The predicted molar refractivity (Wildman–Crippen MR) is 100 cm³/mol. The number of aliphatic hydroxyl groups is 1. The topological polar surface area (TPSA) is 40.5 Å². The normalized spacial score (nSPS) is 14.2. The molecule has 0 unspecified atom stereocenters. The van der Waals surface area contributed by atoms with Crippen molar-refractivity contribution >= 4 is 17.2 Å². The second kappa shape index (κ2) is 6.29. The maximum absolute atomic E-state index is 12.8. The van der Waals surface area contributed by atoms with Gasteiger partial charge in [0.2, 0.25) is 0 Å². The van der Waals surface area contributed by atoms with Gasteiger partial charge in [-0.05, 0) is 28.8 Å². The fourth-order valence-corrected chi connectivity index (χ4v) is 3.13. The van der Waals surface area contributed by atoms with Crippen molar-refractivity contribution in [2.75, 3.05) is 11.4 Å². The van der Waals surface area contributed by atoms with Gasteiger partial charge in [-0.1, -0.05) is 72.8 Å². The number of amides is 1. The Morgan fingerprint density at radius 2 is 1.20 bits per heavy atom. The third-order valence-corrected chi connectivity index (χ3v) is 4.40. The molecule has 3 aromatic rings. The molecule has 0 aliphatic carbocycles. The van der Waals surface area contributed by atoms with E-state index in [0.29, 0.717) is 5.57 Å². The van der Waals surface area contributed by atoms with Crippen molar-refractivity contribution in [2.45, 2.75) is 0 Å². The number of anilines is 1. The maximum Gasteiger partial charge on any atom is 0.262 e. The minimum Gasteiger partial charge on any atom is -0.510 e. The van der Waals surface area contributed by atoms with Gasteiger partial charge in [0.15, 0.2) is 0 Å². The first-order chi connectivity index (χ1) is 12.2. The fourth-order valence-electron chi connectivity index (χ4n) is 3.13. The summed E-state index contributed by atoms with van der Waals surface area (Å²) in [5.41, 5.74) is 4.10. The Morgan fingerprint density at radius 3 is 1.84 bits per heavy atom. The second-order valence-corrected chi connectivity index (χ2v) is 5.99. The van der Waals surface area contributed by atoms with Crippen molar-refractivity contribution in [1.29, 1.82) is 0 Å². The molecule has 1 amide bonds. The molecule has 0 aromatic heterocycles. The number of carbonyl (C=O) groups excluding carboxylic acids is 1. The van der Waals surface area contributed by atoms with Crippen molar-refractivity contribution in [3.63, 3.8) is 0 Å². The highest BCUT2D eigenvalue weighted by atomic mass is 16.3. The van der Waals surface area contributed by atoms with Crippen molar-refractivity contribution in [1.82, 2.24) is 0 Å². The molecule has 0 saturated heterocycles. The molecule has 0 fully saturated rings. The van der Waals surface area contributed by atoms with Crippen LogP contribution < -0.4 is 4.90 Å². The number of hydrogen-bond donors (Lipinski definition) is 1. The van der Waals surface area contributed by atoms with Crippen molar-refractivity contribution in [3.05, 3.63) is 96.3 Å². The number of benzene rings is 3. The van der Waals surface area contributed by atoms with E-state index in [2.05, 4.69) is 0 Å². The monoisotopic (exact) mass is 327 g/mol. The molecule has 25 heavy (non-hydrogen) atoms. The average molecular weight is 327 g/mol. The SMILES string of the molecule is O=C1C(c2ccc(-c3ccccc3)cc2)=C(O)CN1c1ccccc1. The van der Waals surface area contributed by atoms with Crippen molar-refractivity contribution < 1.29 is 9.90 Å². The molecule has 3 heteroatoms. The lowest BCUT2D eigenvalue weighted by Gasteiger charge is -2.16. The van der Waals surface area contributed by atoms with Gasteiger partial charge in [-0.15, -0.1) is 0 Å². The van der Waals surface area contributed by atoms with Crippen LogP contribution in [0.1, 0.15) is 5.56 Å². The zero-order valence-corrected chi connectivity index (χ0v) is 13.6.